The van der Waals surface area contributed by atoms with Gasteiger partial charge in [0.05, 0.1) is 0 Å². The van der Waals surface area contributed by atoms with Gasteiger partial charge in [-0.1, -0.05) is 61.2 Å². The largest absolute Gasteiger partial charge is 0.103 e. The zero-order valence-electron chi connectivity index (χ0n) is 9.11. The van der Waals surface area contributed by atoms with Gasteiger partial charge in [0.15, 0.2) is 0 Å². The van der Waals surface area contributed by atoms with Crippen molar-refractivity contribution in [2.24, 2.45) is 0 Å². The number of benzene rings is 2. The van der Waals surface area contributed by atoms with Crippen LogP contribution in [0.3, 0.4) is 0 Å². The lowest BCUT2D eigenvalue weighted by atomic mass is 10.1. The van der Waals surface area contributed by atoms with E-state index >= 15 is 0 Å². The van der Waals surface area contributed by atoms with Gasteiger partial charge < -0.3 is 0 Å². The van der Waals surface area contributed by atoms with E-state index in [1.54, 1.807) is 6.08 Å². The van der Waals surface area contributed by atoms with Crippen molar-refractivity contribution in [3.05, 3.63) is 67.3 Å². The molecular weight excluding hydrogens is 180 g/mol. The zero-order chi connectivity index (χ0) is 11.1. The summed E-state index contributed by atoms with van der Waals surface area (Å²) in [6.07, 6.45) is 3.64. The average Bonchev–Trinajstić information content (AvgIpc) is 2.29. The van der Waals surface area contributed by atoms with Crippen LogP contribution in [0.25, 0.3) is 16.8 Å². The van der Waals surface area contributed by atoms with Crippen molar-refractivity contribution >= 4 is 16.8 Å². The minimum atomic E-state index is 1.20. The smallest absolute Gasteiger partial charge is 0.0112 e. The molecule has 0 fully saturated rings. The second-order valence-electron chi connectivity index (χ2n) is 3.18. The average molecular weight is 196 g/mol. The van der Waals surface area contributed by atoms with E-state index in [9.17, 15) is 0 Å². The first-order chi connectivity index (χ1) is 7.33. The Morgan fingerprint density at radius 3 is 2.20 bits per heavy atom. The normalized spacial score (nSPS) is 8.87. The molecule has 0 bridgehead atoms. The van der Waals surface area contributed by atoms with Crippen LogP contribution < -0.4 is 0 Å². The molecule has 2 aromatic carbocycles. The summed E-state index contributed by atoms with van der Waals surface area (Å²) in [4.78, 5) is 0. The summed E-state index contributed by atoms with van der Waals surface area (Å²) in [5.74, 6) is 0. The zero-order valence-corrected chi connectivity index (χ0v) is 9.11. The second-order valence-corrected chi connectivity index (χ2v) is 3.18. The van der Waals surface area contributed by atoms with Crippen molar-refractivity contribution in [2.45, 2.75) is 6.92 Å². The van der Waals surface area contributed by atoms with Crippen LogP contribution in [0.1, 0.15) is 12.5 Å². The molecule has 0 aliphatic carbocycles. The molecular formula is C15H16. The molecule has 0 aromatic heterocycles. The summed E-state index contributed by atoms with van der Waals surface area (Å²) in [5.41, 5.74) is 1.20. The lowest BCUT2D eigenvalue weighted by Crippen LogP contribution is -1.75. The molecule has 2 aromatic rings. The minimum absolute atomic E-state index is 1.20. The third-order valence-corrected chi connectivity index (χ3v) is 2.04. The molecule has 0 aliphatic rings. The topological polar surface area (TPSA) is 0 Å². The van der Waals surface area contributed by atoms with Gasteiger partial charge >= 0.3 is 0 Å². The predicted octanol–water partition coefficient (Wildman–Crippen LogP) is 4.68. The van der Waals surface area contributed by atoms with E-state index in [0.29, 0.717) is 0 Å². The standard InChI is InChI=1S/C12H10.C3H6/c1-2-10-7-5-8-11-6-3-4-9-12(10)11;1-3-2/h2-9H,1H2;3H,1H2,2H3. The maximum Gasteiger partial charge on any atom is -0.0112 e. The third kappa shape index (κ3) is 2.81. The highest BCUT2D eigenvalue weighted by Gasteiger charge is 1.93. The first kappa shape index (κ1) is 11.3. The van der Waals surface area contributed by atoms with Crippen molar-refractivity contribution in [1.29, 1.82) is 0 Å². The molecule has 0 radical (unpaired) electrons. The second kappa shape index (κ2) is 5.82. The summed E-state index contributed by atoms with van der Waals surface area (Å²) in [5, 5.41) is 2.55. The molecule has 0 aliphatic heterocycles. The molecule has 15 heavy (non-hydrogen) atoms. The highest BCUT2D eigenvalue weighted by atomic mass is 14.0. The fourth-order valence-electron chi connectivity index (χ4n) is 1.43. The molecule has 0 saturated carbocycles. The molecule has 0 N–H and O–H groups in total. The predicted molar refractivity (Wildman–Crippen MR) is 69.9 cm³/mol. The van der Waals surface area contributed by atoms with Gasteiger partial charge in [-0.3, -0.25) is 0 Å². The fourth-order valence-corrected chi connectivity index (χ4v) is 1.43. The Morgan fingerprint density at radius 2 is 1.53 bits per heavy atom. The Bertz CT molecular complexity index is 447. The van der Waals surface area contributed by atoms with Crippen LogP contribution in [0.15, 0.2) is 61.7 Å². The van der Waals surface area contributed by atoms with E-state index in [1.165, 1.54) is 16.3 Å². The van der Waals surface area contributed by atoms with Gasteiger partial charge in [-0.25, -0.2) is 0 Å². The van der Waals surface area contributed by atoms with Gasteiger partial charge in [0.1, 0.15) is 0 Å². The van der Waals surface area contributed by atoms with Crippen LogP contribution in [-0.2, 0) is 0 Å². The van der Waals surface area contributed by atoms with Gasteiger partial charge in [-0.15, -0.1) is 6.58 Å². The summed E-state index contributed by atoms with van der Waals surface area (Å²) in [6.45, 7) is 9.03. The van der Waals surface area contributed by atoms with Crippen LogP contribution in [0, 0.1) is 0 Å². The minimum Gasteiger partial charge on any atom is -0.103 e. The molecule has 76 valence electrons. The summed E-state index contributed by atoms with van der Waals surface area (Å²) < 4.78 is 0. The fraction of sp³-hybridized carbons (Fsp3) is 0.0667. The van der Waals surface area contributed by atoms with E-state index < -0.39 is 0 Å². The SMILES string of the molecule is C=CC.C=Cc1cccc2ccccc12. The van der Waals surface area contributed by atoms with E-state index in [4.69, 9.17) is 0 Å². The molecule has 0 amide bonds. The van der Waals surface area contributed by atoms with Crippen LogP contribution in [0.5, 0.6) is 0 Å². The van der Waals surface area contributed by atoms with E-state index in [-0.39, 0.29) is 0 Å². The number of rotatable bonds is 1. The highest BCUT2D eigenvalue weighted by Crippen LogP contribution is 2.18. The lowest BCUT2D eigenvalue weighted by molar-refractivity contribution is 1.72. The van der Waals surface area contributed by atoms with Gasteiger partial charge in [0, 0.05) is 0 Å². The first-order valence-electron chi connectivity index (χ1n) is 5.00. The van der Waals surface area contributed by atoms with Gasteiger partial charge in [-0.2, -0.15) is 0 Å². The van der Waals surface area contributed by atoms with E-state index in [1.807, 2.05) is 13.0 Å². The van der Waals surface area contributed by atoms with E-state index in [2.05, 4.69) is 55.6 Å². The number of fused-ring (bicyclic) bond motifs is 1. The lowest BCUT2D eigenvalue weighted by Gasteiger charge is -1.99. The maximum atomic E-state index is 3.78. The van der Waals surface area contributed by atoms with Crippen molar-refractivity contribution in [2.75, 3.05) is 0 Å². The third-order valence-electron chi connectivity index (χ3n) is 2.04. The molecule has 0 nitrogen and oxygen atoms in total. The van der Waals surface area contributed by atoms with Crippen molar-refractivity contribution in [3.63, 3.8) is 0 Å². The molecule has 0 unspecified atom stereocenters. The van der Waals surface area contributed by atoms with Gasteiger partial charge in [-0.05, 0) is 23.3 Å². The van der Waals surface area contributed by atoms with Crippen LogP contribution in [0.4, 0.5) is 0 Å². The van der Waals surface area contributed by atoms with Crippen LogP contribution in [0.2, 0.25) is 0 Å². The van der Waals surface area contributed by atoms with Crippen molar-refractivity contribution in [1.82, 2.24) is 0 Å². The van der Waals surface area contributed by atoms with E-state index in [0.717, 1.165) is 0 Å². The monoisotopic (exact) mass is 196 g/mol. The Morgan fingerprint density at radius 1 is 0.933 bits per heavy atom. The Labute approximate surface area is 91.6 Å². The van der Waals surface area contributed by atoms with Gasteiger partial charge in [0.2, 0.25) is 0 Å². The Balaban J connectivity index is 0.000000337. The first-order valence-corrected chi connectivity index (χ1v) is 5.00. The molecule has 0 heterocycles. The maximum absolute atomic E-state index is 3.78. The summed E-state index contributed by atoms with van der Waals surface area (Å²) in [6, 6.07) is 14.6. The highest BCUT2D eigenvalue weighted by molar-refractivity contribution is 5.90. The Kier molecular flexibility index (Phi) is 4.36. The number of hydrogen-bond donors (Lipinski definition) is 0. The van der Waals surface area contributed by atoms with Crippen LogP contribution >= 0.6 is 0 Å². The summed E-state index contributed by atoms with van der Waals surface area (Å²) in [7, 11) is 0. The number of hydrogen-bond acceptors (Lipinski definition) is 0. The molecule has 0 saturated heterocycles. The van der Waals surface area contributed by atoms with Crippen LogP contribution in [-0.4, -0.2) is 0 Å². The molecule has 0 atom stereocenters. The molecule has 0 heteroatoms. The van der Waals surface area contributed by atoms with Crippen molar-refractivity contribution < 1.29 is 0 Å². The Hall–Kier alpha value is -1.82. The molecule has 2 rings (SSSR count). The van der Waals surface area contributed by atoms with Crippen molar-refractivity contribution in [3.8, 4) is 0 Å². The number of allylic oxidation sites excluding steroid dienone is 1. The summed E-state index contributed by atoms with van der Waals surface area (Å²) >= 11 is 0. The molecule has 0 spiro atoms. The van der Waals surface area contributed by atoms with Gasteiger partial charge in [0.25, 0.3) is 0 Å². The quantitative estimate of drug-likeness (QED) is 0.581.